The van der Waals surface area contributed by atoms with E-state index in [1.54, 1.807) is 4.31 Å². The molecule has 0 radical (unpaired) electrons. The molecule has 2 aliphatic heterocycles. The first-order valence-electron chi connectivity index (χ1n) is 6.57. The van der Waals surface area contributed by atoms with Crippen LogP contribution in [0.15, 0.2) is 0 Å². The zero-order valence-corrected chi connectivity index (χ0v) is 12.1. The monoisotopic (exact) mass is 285 g/mol. The molecule has 3 heterocycles. The van der Waals surface area contributed by atoms with Crippen molar-refractivity contribution in [3.05, 3.63) is 17.0 Å². The third kappa shape index (κ3) is 2.19. The average molecular weight is 285 g/mol. The Labute approximate surface area is 113 Å². The highest BCUT2D eigenvalue weighted by Gasteiger charge is 2.37. The summed E-state index contributed by atoms with van der Waals surface area (Å²) in [5.74, 6) is 0. The molecule has 1 unspecified atom stereocenters. The molecule has 1 aromatic rings. The first-order valence-corrected chi connectivity index (χ1v) is 8.42. The van der Waals surface area contributed by atoms with Gasteiger partial charge in [0, 0.05) is 31.3 Å². The summed E-state index contributed by atoms with van der Waals surface area (Å²) in [6.07, 6.45) is 3.86. The number of ether oxygens (including phenoxy) is 1. The number of hydrogen-bond acceptors (Lipinski definition) is 4. The van der Waals surface area contributed by atoms with Crippen LogP contribution in [0.5, 0.6) is 0 Å². The largest absolute Gasteiger partial charge is 0.376 e. The fourth-order valence-electron chi connectivity index (χ4n) is 3.12. The molecule has 0 spiro atoms. The summed E-state index contributed by atoms with van der Waals surface area (Å²) < 4.78 is 32.7. The minimum absolute atomic E-state index is 0.119. The van der Waals surface area contributed by atoms with Gasteiger partial charge >= 0.3 is 0 Å². The molecule has 1 fully saturated rings. The van der Waals surface area contributed by atoms with E-state index >= 15 is 0 Å². The Bertz CT molecular complexity index is 594. The topological polar surface area (TPSA) is 64.4 Å². The molecule has 1 atom stereocenters. The molecule has 0 aliphatic carbocycles. The van der Waals surface area contributed by atoms with Crippen LogP contribution in [0.2, 0.25) is 0 Å². The van der Waals surface area contributed by atoms with E-state index in [0.717, 1.165) is 30.5 Å². The molecular weight excluding hydrogens is 266 g/mol. The maximum atomic E-state index is 11.9. The zero-order valence-electron chi connectivity index (χ0n) is 11.3. The average Bonchev–Trinajstić information content (AvgIpc) is 2.94. The molecule has 2 aliphatic rings. The summed E-state index contributed by atoms with van der Waals surface area (Å²) >= 11 is 0. The zero-order chi connectivity index (χ0) is 13.6. The summed E-state index contributed by atoms with van der Waals surface area (Å²) in [5.41, 5.74) is 3.16. The van der Waals surface area contributed by atoms with Crippen LogP contribution in [0.3, 0.4) is 0 Å². The van der Waals surface area contributed by atoms with Crippen molar-refractivity contribution < 1.29 is 13.2 Å². The highest BCUT2D eigenvalue weighted by molar-refractivity contribution is 7.88. The third-order valence-electron chi connectivity index (χ3n) is 3.98. The van der Waals surface area contributed by atoms with Crippen LogP contribution in [0.1, 0.15) is 35.8 Å². The molecule has 1 aromatic heterocycles. The third-order valence-corrected chi connectivity index (χ3v) is 5.27. The summed E-state index contributed by atoms with van der Waals surface area (Å²) in [7, 11) is -1.25. The highest BCUT2D eigenvalue weighted by atomic mass is 32.2. The van der Waals surface area contributed by atoms with Crippen LogP contribution in [0.25, 0.3) is 0 Å². The van der Waals surface area contributed by atoms with Gasteiger partial charge < -0.3 is 4.74 Å². The molecule has 6 nitrogen and oxygen atoms in total. The number of aryl methyl sites for hydroxylation is 1. The predicted octanol–water partition coefficient (Wildman–Crippen LogP) is 0.589. The van der Waals surface area contributed by atoms with Crippen molar-refractivity contribution in [3.63, 3.8) is 0 Å². The van der Waals surface area contributed by atoms with Gasteiger partial charge in [0.1, 0.15) is 0 Å². The molecule has 0 N–H and O–H groups in total. The Balaban J connectivity index is 2.03. The number of aromatic nitrogens is 2. The summed E-state index contributed by atoms with van der Waals surface area (Å²) in [5, 5.41) is 4.57. The molecule has 0 bridgehead atoms. The molecule has 19 heavy (non-hydrogen) atoms. The lowest BCUT2D eigenvalue weighted by Gasteiger charge is -2.22. The molecule has 0 aromatic carbocycles. The first-order chi connectivity index (χ1) is 8.98. The summed E-state index contributed by atoms with van der Waals surface area (Å²) in [6.45, 7) is 1.86. The van der Waals surface area contributed by atoms with Crippen LogP contribution >= 0.6 is 0 Å². The van der Waals surface area contributed by atoms with E-state index in [1.807, 2.05) is 11.7 Å². The van der Waals surface area contributed by atoms with Crippen molar-refractivity contribution in [1.82, 2.24) is 14.1 Å². The van der Waals surface area contributed by atoms with E-state index in [1.165, 1.54) is 11.9 Å². The molecule has 1 saturated heterocycles. The fraction of sp³-hybridized carbons (Fsp3) is 0.750. The van der Waals surface area contributed by atoms with Gasteiger partial charge in [-0.3, -0.25) is 4.68 Å². The van der Waals surface area contributed by atoms with Gasteiger partial charge in [-0.2, -0.15) is 9.40 Å². The van der Waals surface area contributed by atoms with Gasteiger partial charge in [-0.1, -0.05) is 0 Å². The van der Waals surface area contributed by atoms with Crippen molar-refractivity contribution in [1.29, 1.82) is 0 Å². The van der Waals surface area contributed by atoms with E-state index < -0.39 is 10.0 Å². The first kappa shape index (κ1) is 13.1. The Hall–Kier alpha value is -0.920. The van der Waals surface area contributed by atoms with Crippen LogP contribution in [0.4, 0.5) is 0 Å². The molecule has 3 rings (SSSR count). The summed E-state index contributed by atoms with van der Waals surface area (Å²) in [4.78, 5) is 0. The standard InChI is InChI=1S/C12H19N3O3S/c1-14-10-5-7-18-8-9(10)12(13-14)11-4-3-6-15(11)19(2,16)17/h11H,3-8H2,1-2H3. The lowest BCUT2D eigenvalue weighted by Crippen LogP contribution is -2.30. The van der Waals surface area contributed by atoms with Crippen molar-refractivity contribution in [2.45, 2.75) is 31.9 Å². The Morgan fingerprint density at radius 2 is 2.21 bits per heavy atom. The lowest BCUT2D eigenvalue weighted by atomic mass is 10.0. The van der Waals surface area contributed by atoms with Crippen LogP contribution < -0.4 is 0 Å². The normalized spacial score (nSPS) is 24.6. The van der Waals surface area contributed by atoms with Gasteiger partial charge in [0.15, 0.2) is 0 Å². The number of hydrogen-bond donors (Lipinski definition) is 0. The van der Waals surface area contributed by atoms with E-state index in [-0.39, 0.29) is 6.04 Å². The minimum Gasteiger partial charge on any atom is -0.376 e. The maximum Gasteiger partial charge on any atom is 0.211 e. The van der Waals surface area contributed by atoms with Crippen LogP contribution in [0, 0.1) is 0 Å². The molecule has 0 saturated carbocycles. The molecule has 7 heteroatoms. The SMILES string of the molecule is Cn1nc(C2CCCN2S(C)(=O)=O)c2c1CCOC2. The van der Waals surface area contributed by atoms with E-state index in [2.05, 4.69) is 5.10 Å². The molecule has 106 valence electrons. The van der Waals surface area contributed by atoms with Crippen LogP contribution in [-0.2, 0) is 34.8 Å². The quantitative estimate of drug-likeness (QED) is 0.798. The Kier molecular flexibility index (Phi) is 3.15. The maximum absolute atomic E-state index is 11.9. The van der Waals surface area contributed by atoms with E-state index in [4.69, 9.17) is 4.74 Å². The second-order valence-corrected chi connectivity index (χ2v) is 7.20. The van der Waals surface area contributed by atoms with Crippen molar-refractivity contribution in [3.8, 4) is 0 Å². The Morgan fingerprint density at radius 3 is 2.95 bits per heavy atom. The number of rotatable bonds is 2. The van der Waals surface area contributed by atoms with Gasteiger partial charge in [-0.15, -0.1) is 0 Å². The van der Waals surface area contributed by atoms with Gasteiger partial charge in [0.2, 0.25) is 10.0 Å². The van der Waals surface area contributed by atoms with Crippen LogP contribution in [-0.4, -0.2) is 41.9 Å². The van der Waals surface area contributed by atoms with Gasteiger partial charge in [0.25, 0.3) is 0 Å². The lowest BCUT2D eigenvalue weighted by molar-refractivity contribution is 0.108. The smallest absolute Gasteiger partial charge is 0.211 e. The molecular formula is C12H19N3O3S. The van der Waals surface area contributed by atoms with Gasteiger partial charge in [-0.05, 0) is 12.8 Å². The second kappa shape index (κ2) is 4.57. The van der Waals surface area contributed by atoms with Gasteiger partial charge in [0.05, 0.1) is 31.2 Å². The van der Waals surface area contributed by atoms with Crippen molar-refractivity contribution >= 4 is 10.0 Å². The van der Waals surface area contributed by atoms with E-state index in [9.17, 15) is 8.42 Å². The molecule has 0 amide bonds. The minimum atomic E-state index is -3.17. The number of fused-ring (bicyclic) bond motifs is 1. The number of nitrogens with zero attached hydrogens (tertiary/aromatic N) is 3. The predicted molar refractivity (Wildman–Crippen MR) is 70.1 cm³/mol. The van der Waals surface area contributed by atoms with Gasteiger partial charge in [-0.25, -0.2) is 8.42 Å². The van der Waals surface area contributed by atoms with Crippen molar-refractivity contribution in [2.75, 3.05) is 19.4 Å². The Morgan fingerprint density at radius 1 is 1.42 bits per heavy atom. The summed E-state index contributed by atoms with van der Waals surface area (Å²) in [6, 6.07) is -0.119. The second-order valence-electron chi connectivity index (χ2n) is 5.27. The number of sulfonamides is 1. The highest BCUT2D eigenvalue weighted by Crippen LogP contribution is 2.36. The van der Waals surface area contributed by atoms with Crippen molar-refractivity contribution in [2.24, 2.45) is 7.05 Å². The fourth-order valence-corrected chi connectivity index (χ4v) is 4.24. The van der Waals surface area contributed by atoms with E-state index in [0.29, 0.717) is 19.8 Å².